The fraction of sp³-hybridized carbons (Fsp3) is 0.0667. The highest BCUT2D eigenvalue weighted by Gasteiger charge is 2.12. The molecular weight excluding hydrogens is 283 g/mol. The van der Waals surface area contributed by atoms with E-state index in [4.69, 9.17) is 0 Å². The topological polar surface area (TPSA) is 68.0 Å². The summed E-state index contributed by atoms with van der Waals surface area (Å²) in [6, 6.07) is 11.9. The Balaban J connectivity index is 1.90. The SMILES string of the molecule is Cc1ccc2nc(Nc3ccc(F)cc3)c3nnnn3c2c1. The predicted molar refractivity (Wildman–Crippen MR) is 80.5 cm³/mol. The summed E-state index contributed by atoms with van der Waals surface area (Å²) in [5.74, 6) is 0.231. The molecule has 2 heterocycles. The molecule has 1 N–H and O–H groups in total. The molecule has 0 amide bonds. The zero-order valence-electron chi connectivity index (χ0n) is 11.7. The van der Waals surface area contributed by atoms with Crippen LogP contribution in [0.5, 0.6) is 0 Å². The van der Waals surface area contributed by atoms with Crippen molar-refractivity contribution in [1.29, 1.82) is 0 Å². The minimum absolute atomic E-state index is 0.290. The van der Waals surface area contributed by atoms with Gasteiger partial charge in [0, 0.05) is 5.69 Å². The van der Waals surface area contributed by atoms with Crippen molar-refractivity contribution in [3.05, 3.63) is 53.8 Å². The van der Waals surface area contributed by atoms with Crippen molar-refractivity contribution in [2.75, 3.05) is 5.32 Å². The van der Waals surface area contributed by atoms with Crippen molar-refractivity contribution in [2.45, 2.75) is 6.92 Å². The van der Waals surface area contributed by atoms with E-state index in [0.717, 1.165) is 16.6 Å². The van der Waals surface area contributed by atoms with Gasteiger partial charge in [-0.3, -0.25) is 0 Å². The number of benzene rings is 2. The number of halogens is 1. The van der Waals surface area contributed by atoms with Crippen LogP contribution in [-0.4, -0.2) is 25.0 Å². The van der Waals surface area contributed by atoms with Gasteiger partial charge in [0.05, 0.1) is 11.0 Å². The molecule has 7 heteroatoms. The van der Waals surface area contributed by atoms with Gasteiger partial charge in [-0.1, -0.05) is 6.07 Å². The highest BCUT2D eigenvalue weighted by atomic mass is 19.1. The number of nitrogens with one attached hydrogen (secondary N) is 1. The average Bonchev–Trinajstić information content (AvgIpc) is 3.00. The van der Waals surface area contributed by atoms with Crippen molar-refractivity contribution in [3.63, 3.8) is 0 Å². The molecule has 4 aromatic rings. The molecule has 0 aliphatic rings. The lowest BCUT2D eigenvalue weighted by molar-refractivity contribution is 0.628. The predicted octanol–water partition coefficient (Wildman–Crippen LogP) is 2.86. The van der Waals surface area contributed by atoms with Gasteiger partial charge in [0.1, 0.15) is 5.82 Å². The lowest BCUT2D eigenvalue weighted by Gasteiger charge is -2.08. The van der Waals surface area contributed by atoms with Gasteiger partial charge in [-0.25, -0.2) is 9.37 Å². The maximum Gasteiger partial charge on any atom is 0.222 e. The van der Waals surface area contributed by atoms with Gasteiger partial charge < -0.3 is 5.32 Å². The van der Waals surface area contributed by atoms with Crippen LogP contribution >= 0.6 is 0 Å². The van der Waals surface area contributed by atoms with Gasteiger partial charge in [-0.2, -0.15) is 4.52 Å². The molecule has 108 valence electrons. The molecule has 0 aliphatic heterocycles. The fourth-order valence-corrected chi connectivity index (χ4v) is 2.32. The molecule has 0 unspecified atom stereocenters. The third-order valence-electron chi connectivity index (χ3n) is 3.38. The number of hydrogen-bond acceptors (Lipinski definition) is 5. The number of fused-ring (bicyclic) bond motifs is 3. The van der Waals surface area contributed by atoms with E-state index in [-0.39, 0.29) is 5.82 Å². The smallest absolute Gasteiger partial charge is 0.222 e. The molecule has 0 bridgehead atoms. The minimum atomic E-state index is -0.290. The van der Waals surface area contributed by atoms with Crippen LogP contribution in [0.25, 0.3) is 16.7 Å². The standard InChI is InChI=1S/C15H11FN6/c1-9-2-7-12-13(8-9)22-15(19-20-21-22)14(18-12)17-11-5-3-10(16)4-6-11/h2-8H,1H3,(H,17,18). The maximum absolute atomic E-state index is 13.0. The molecule has 0 radical (unpaired) electrons. The molecule has 0 aliphatic carbocycles. The minimum Gasteiger partial charge on any atom is -0.337 e. The second kappa shape index (κ2) is 4.73. The first-order valence-electron chi connectivity index (χ1n) is 6.72. The highest BCUT2D eigenvalue weighted by molar-refractivity contribution is 5.83. The number of aromatic nitrogens is 5. The van der Waals surface area contributed by atoms with Crippen LogP contribution in [0.3, 0.4) is 0 Å². The summed E-state index contributed by atoms with van der Waals surface area (Å²) in [5, 5.41) is 14.9. The maximum atomic E-state index is 13.0. The first-order valence-corrected chi connectivity index (χ1v) is 6.72. The molecule has 0 fully saturated rings. The zero-order valence-corrected chi connectivity index (χ0v) is 11.7. The zero-order chi connectivity index (χ0) is 15.1. The Morgan fingerprint density at radius 1 is 1.09 bits per heavy atom. The Hall–Kier alpha value is -3.09. The van der Waals surface area contributed by atoms with E-state index in [1.54, 1.807) is 16.6 Å². The van der Waals surface area contributed by atoms with E-state index in [2.05, 4.69) is 25.8 Å². The summed E-state index contributed by atoms with van der Waals surface area (Å²) in [5.41, 5.74) is 3.94. The number of tetrazole rings is 1. The first kappa shape index (κ1) is 12.6. The Bertz CT molecular complexity index is 977. The molecule has 2 aromatic heterocycles. The van der Waals surface area contributed by atoms with E-state index in [0.29, 0.717) is 17.2 Å². The normalized spacial score (nSPS) is 11.2. The molecule has 0 atom stereocenters. The van der Waals surface area contributed by atoms with Crippen LogP contribution < -0.4 is 5.32 Å². The second-order valence-electron chi connectivity index (χ2n) is 5.00. The van der Waals surface area contributed by atoms with E-state index in [1.807, 2.05) is 25.1 Å². The number of hydrogen-bond donors (Lipinski definition) is 1. The van der Waals surface area contributed by atoms with Crippen LogP contribution in [0.4, 0.5) is 15.9 Å². The monoisotopic (exact) mass is 294 g/mol. The van der Waals surface area contributed by atoms with Crippen molar-refractivity contribution >= 4 is 28.2 Å². The quantitative estimate of drug-likeness (QED) is 0.615. The molecule has 0 saturated heterocycles. The number of rotatable bonds is 2. The van der Waals surface area contributed by atoms with Gasteiger partial charge in [0.15, 0.2) is 5.82 Å². The Morgan fingerprint density at radius 3 is 2.73 bits per heavy atom. The van der Waals surface area contributed by atoms with Gasteiger partial charge in [-0.15, -0.1) is 5.10 Å². The lowest BCUT2D eigenvalue weighted by Crippen LogP contribution is -2.01. The largest absolute Gasteiger partial charge is 0.337 e. The first-order chi connectivity index (χ1) is 10.7. The lowest BCUT2D eigenvalue weighted by atomic mass is 10.2. The molecule has 0 spiro atoms. The van der Waals surface area contributed by atoms with E-state index in [9.17, 15) is 4.39 Å². The van der Waals surface area contributed by atoms with Crippen LogP contribution in [0.1, 0.15) is 5.56 Å². The molecule has 4 rings (SSSR count). The van der Waals surface area contributed by atoms with Crippen molar-refractivity contribution < 1.29 is 4.39 Å². The molecule has 0 saturated carbocycles. The highest BCUT2D eigenvalue weighted by Crippen LogP contribution is 2.23. The summed E-state index contributed by atoms with van der Waals surface area (Å²) >= 11 is 0. The summed E-state index contributed by atoms with van der Waals surface area (Å²) in [7, 11) is 0. The summed E-state index contributed by atoms with van der Waals surface area (Å²) in [6.45, 7) is 2.00. The van der Waals surface area contributed by atoms with Gasteiger partial charge in [-0.05, 0) is 59.3 Å². The van der Waals surface area contributed by atoms with Gasteiger partial charge in [0.25, 0.3) is 0 Å². The van der Waals surface area contributed by atoms with Crippen molar-refractivity contribution in [3.8, 4) is 0 Å². The van der Waals surface area contributed by atoms with Crippen LogP contribution in [0.2, 0.25) is 0 Å². The number of aryl methyl sites for hydroxylation is 1. The van der Waals surface area contributed by atoms with Gasteiger partial charge >= 0.3 is 0 Å². The number of nitrogens with zero attached hydrogens (tertiary/aromatic N) is 5. The summed E-state index contributed by atoms with van der Waals surface area (Å²) < 4.78 is 14.6. The Kier molecular flexibility index (Phi) is 2.72. The van der Waals surface area contributed by atoms with Crippen LogP contribution in [0, 0.1) is 12.7 Å². The molecule has 22 heavy (non-hydrogen) atoms. The Labute approximate surface area is 124 Å². The van der Waals surface area contributed by atoms with Crippen molar-refractivity contribution in [1.82, 2.24) is 25.0 Å². The fourth-order valence-electron chi connectivity index (χ4n) is 2.32. The third-order valence-corrected chi connectivity index (χ3v) is 3.38. The van der Waals surface area contributed by atoms with Crippen molar-refractivity contribution in [2.24, 2.45) is 0 Å². The number of anilines is 2. The van der Waals surface area contributed by atoms with E-state index in [1.165, 1.54) is 12.1 Å². The summed E-state index contributed by atoms with van der Waals surface area (Å²) in [4.78, 5) is 4.57. The molecular formula is C15H11FN6. The molecule has 6 nitrogen and oxygen atoms in total. The van der Waals surface area contributed by atoms with E-state index >= 15 is 0 Å². The molecule has 2 aromatic carbocycles. The second-order valence-corrected chi connectivity index (χ2v) is 5.00. The third kappa shape index (κ3) is 2.03. The van der Waals surface area contributed by atoms with Crippen LogP contribution in [0.15, 0.2) is 42.5 Å². The van der Waals surface area contributed by atoms with Crippen LogP contribution in [-0.2, 0) is 0 Å². The van der Waals surface area contributed by atoms with Gasteiger partial charge in [0.2, 0.25) is 5.65 Å². The van der Waals surface area contributed by atoms with E-state index < -0.39 is 0 Å². The average molecular weight is 294 g/mol. The summed E-state index contributed by atoms with van der Waals surface area (Å²) in [6.07, 6.45) is 0. The Morgan fingerprint density at radius 2 is 1.91 bits per heavy atom.